The van der Waals surface area contributed by atoms with Crippen molar-refractivity contribution < 1.29 is 19.0 Å². The molecule has 0 aliphatic rings. The van der Waals surface area contributed by atoms with Crippen molar-refractivity contribution in [2.75, 3.05) is 11.1 Å². The minimum Gasteiger partial charge on any atom is -0.436 e. The Morgan fingerprint density at radius 1 is 1.20 bits per heavy atom. The van der Waals surface area contributed by atoms with E-state index in [0.717, 1.165) is 6.07 Å². The molecule has 10 nitrogen and oxygen atoms in total. The molecule has 0 aliphatic heterocycles. The topological polar surface area (TPSA) is 137 Å². The summed E-state index contributed by atoms with van der Waals surface area (Å²) in [5, 5.41) is 12.5. The van der Waals surface area contributed by atoms with E-state index in [1.54, 1.807) is 48.9 Å². The number of rotatable bonds is 7. The lowest BCUT2D eigenvalue weighted by Crippen LogP contribution is -2.27. The van der Waals surface area contributed by atoms with Crippen LogP contribution in [0.25, 0.3) is 5.69 Å². The first-order chi connectivity index (χ1) is 16.7. The van der Waals surface area contributed by atoms with Gasteiger partial charge in [0.25, 0.3) is 11.5 Å². The number of nitrogen functional groups attached to an aromatic ring is 1. The largest absolute Gasteiger partial charge is 0.436 e. The maximum atomic E-state index is 14.6. The predicted molar refractivity (Wildman–Crippen MR) is 127 cm³/mol. The highest BCUT2D eigenvalue weighted by Gasteiger charge is 2.24. The van der Waals surface area contributed by atoms with Crippen LogP contribution in [0.2, 0.25) is 0 Å². The van der Waals surface area contributed by atoms with Gasteiger partial charge in [-0.25, -0.2) is 19.0 Å². The van der Waals surface area contributed by atoms with Gasteiger partial charge in [-0.15, -0.1) is 0 Å². The summed E-state index contributed by atoms with van der Waals surface area (Å²) in [4.78, 5) is 33.9. The third-order valence-corrected chi connectivity index (χ3v) is 5.13. The van der Waals surface area contributed by atoms with Gasteiger partial charge in [0.1, 0.15) is 17.7 Å². The summed E-state index contributed by atoms with van der Waals surface area (Å²) >= 11 is 0. The van der Waals surface area contributed by atoms with Crippen LogP contribution in [0.3, 0.4) is 0 Å². The van der Waals surface area contributed by atoms with Gasteiger partial charge >= 0.3 is 0 Å². The molecule has 0 saturated carbocycles. The first-order valence-electron chi connectivity index (χ1n) is 10.7. The third-order valence-electron chi connectivity index (χ3n) is 5.13. The minimum atomic E-state index is -0.766. The number of anilines is 2. The lowest BCUT2D eigenvalue weighted by atomic mass is 10.2. The third kappa shape index (κ3) is 5.04. The number of nitrogens with one attached hydrogen (secondary N) is 1. The summed E-state index contributed by atoms with van der Waals surface area (Å²) in [5.41, 5.74) is 5.91. The Labute approximate surface area is 199 Å². The van der Waals surface area contributed by atoms with Gasteiger partial charge in [-0.3, -0.25) is 14.3 Å². The summed E-state index contributed by atoms with van der Waals surface area (Å²) in [7, 11) is 0. The van der Waals surface area contributed by atoms with Crippen LogP contribution in [0.4, 0.5) is 15.9 Å². The molecule has 2 aromatic heterocycles. The Bertz CT molecular complexity index is 1430. The lowest BCUT2D eigenvalue weighted by Gasteiger charge is -2.15. The van der Waals surface area contributed by atoms with Crippen LogP contribution in [0, 0.1) is 12.7 Å². The molecular weight excluding hydrogens is 455 g/mol. The van der Waals surface area contributed by atoms with E-state index in [2.05, 4.69) is 15.3 Å². The highest BCUT2D eigenvalue weighted by Crippen LogP contribution is 2.26. The number of amides is 1. The van der Waals surface area contributed by atoms with Crippen molar-refractivity contribution in [3.05, 3.63) is 88.4 Å². The van der Waals surface area contributed by atoms with Gasteiger partial charge in [0.15, 0.2) is 11.6 Å². The summed E-state index contributed by atoms with van der Waals surface area (Å²) < 4.78 is 22.9. The molecule has 4 N–H and O–H groups in total. The van der Waals surface area contributed by atoms with Crippen molar-refractivity contribution in [2.24, 2.45) is 0 Å². The van der Waals surface area contributed by atoms with Gasteiger partial charge in [0.05, 0.1) is 24.0 Å². The number of hydrogen-bond donors (Lipinski definition) is 3. The van der Waals surface area contributed by atoms with Crippen molar-refractivity contribution in [2.45, 2.75) is 26.5 Å². The monoisotopic (exact) mass is 478 g/mol. The van der Waals surface area contributed by atoms with E-state index >= 15 is 0 Å². The molecule has 0 radical (unpaired) electrons. The minimum absolute atomic E-state index is 0.0599. The fraction of sp³-hybridized carbons (Fsp3) is 0.167. The van der Waals surface area contributed by atoms with Crippen molar-refractivity contribution in [1.82, 2.24) is 19.3 Å². The fourth-order valence-electron chi connectivity index (χ4n) is 3.58. The second-order valence-electron chi connectivity index (χ2n) is 7.83. The zero-order valence-electron chi connectivity index (χ0n) is 19.0. The van der Waals surface area contributed by atoms with Gasteiger partial charge in [0, 0.05) is 17.8 Å². The molecule has 1 atom stereocenters. The molecule has 0 spiro atoms. The first-order valence-corrected chi connectivity index (χ1v) is 10.7. The average Bonchev–Trinajstić information content (AvgIpc) is 3.05. The van der Waals surface area contributed by atoms with E-state index < -0.39 is 23.4 Å². The molecule has 4 rings (SSSR count). The molecule has 35 heavy (non-hydrogen) atoms. The SMILES string of the molecule is Cc1c(C(=O)Nc2ccc(Oc3cc(N)ncn3)c(F)c2)c(=O)n(-c2ccccc2)n1C[C@@H](C)O. The molecule has 2 aromatic carbocycles. The number of halogens is 1. The van der Waals surface area contributed by atoms with Crippen molar-refractivity contribution >= 4 is 17.4 Å². The smallest absolute Gasteiger partial charge is 0.284 e. The standard InChI is InChI=1S/C24H23FN6O4/c1-14(32)12-30-15(2)22(24(34)31(30)17-6-4-3-5-7-17)23(33)29-16-8-9-19(18(25)10-16)35-21-11-20(26)27-13-28-21/h3-11,13-14,32H,12H2,1-2H3,(H,29,33)(H2,26,27,28)/t14-/m1/s1. The van der Waals surface area contributed by atoms with E-state index in [4.69, 9.17) is 10.5 Å². The summed E-state index contributed by atoms with van der Waals surface area (Å²) in [6, 6.07) is 13.9. The van der Waals surface area contributed by atoms with Gasteiger partial charge in [-0.2, -0.15) is 0 Å². The van der Waals surface area contributed by atoms with E-state index in [1.807, 2.05) is 0 Å². The summed E-state index contributed by atoms with van der Waals surface area (Å²) in [5.74, 6) is -1.38. The maximum absolute atomic E-state index is 14.6. The second kappa shape index (κ2) is 9.77. The number of aliphatic hydroxyl groups is 1. The predicted octanol–water partition coefficient (Wildman–Crippen LogP) is 2.88. The van der Waals surface area contributed by atoms with E-state index in [1.165, 1.54) is 29.2 Å². The van der Waals surface area contributed by atoms with Crippen LogP contribution in [0.15, 0.2) is 65.7 Å². The first kappa shape index (κ1) is 23.6. The van der Waals surface area contributed by atoms with Crippen LogP contribution in [0.5, 0.6) is 11.6 Å². The molecule has 0 unspecified atom stereocenters. The van der Waals surface area contributed by atoms with Crippen LogP contribution < -0.4 is 21.3 Å². The maximum Gasteiger partial charge on any atom is 0.284 e. The van der Waals surface area contributed by atoms with E-state index in [-0.39, 0.29) is 35.2 Å². The van der Waals surface area contributed by atoms with Crippen LogP contribution in [-0.2, 0) is 6.54 Å². The van der Waals surface area contributed by atoms with E-state index in [0.29, 0.717) is 11.4 Å². The molecule has 0 saturated heterocycles. The van der Waals surface area contributed by atoms with Crippen molar-refractivity contribution in [1.29, 1.82) is 0 Å². The average molecular weight is 478 g/mol. The molecule has 1 amide bonds. The molecule has 0 bridgehead atoms. The Morgan fingerprint density at radius 3 is 2.60 bits per heavy atom. The number of carbonyl (C=O) groups is 1. The van der Waals surface area contributed by atoms with Crippen LogP contribution >= 0.6 is 0 Å². The molecule has 11 heteroatoms. The lowest BCUT2D eigenvalue weighted by molar-refractivity contribution is 0.102. The zero-order valence-corrected chi connectivity index (χ0v) is 19.0. The number of ether oxygens (including phenoxy) is 1. The number of para-hydroxylation sites is 1. The van der Waals surface area contributed by atoms with E-state index in [9.17, 15) is 19.1 Å². The van der Waals surface area contributed by atoms with Crippen LogP contribution in [-0.4, -0.2) is 36.4 Å². The Balaban J connectivity index is 1.63. The van der Waals surface area contributed by atoms with Gasteiger partial charge in [-0.05, 0) is 38.1 Å². The summed E-state index contributed by atoms with van der Waals surface area (Å²) in [6.07, 6.45) is 0.420. The molecule has 0 aliphatic carbocycles. The van der Waals surface area contributed by atoms with Gasteiger partial charge < -0.3 is 20.9 Å². The molecule has 2 heterocycles. The zero-order chi connectivity index (χ0) is 25.1. The second-order valence-corrected chi connectivity index (χ2v) is 7.83. The number of aliphatic hydroxyl groups excluding tert-OH is 1. The Hall–Kier alpha value is -4.51. The number of carbonyl (C=O) groups excluding carboxylic acids is 1. The number of benzene rings is 2. The Morgan fingerprint density at radius 2 is 1.94 bits per heavy atom. The quantitative estimate of drug-likeness (QED) is 0.371. The number of hydrogen-bond acceptors (Lipinski definition) is 7. The highest BCUT2D eigenvalue weighted by atomic mass is 19.1. The summed E-state index contributed by atoms with van der Waals surface area (Å²) in [6.45, 7) is 3.29. The van der Waals surface area contributed by atoms with Gasteiger partial charge in [-0.1, -0.05) is 18.2 Å². The molecule has 180 valence electrons. The normalized spacial score (nSPS) is 11.8. The number of aromatic nitrogens is 4. The molecule has 4 aromatic rings. The number of nitrogens with zero attached hydrogens (tertiary/aromatic N) is 4. The van der Waals surface area contributed by atoms with Crippen molar-refractivity contribution in [3.8, 4) is 17.3 Å². The fourth-order valence-corrected chi connectivity index (χ4v) is 3.58. The number of nitrogens with two attached hydrogens (primary N) is 1. The van der Waals surface area contributed by atoms with Crippen LogP contribution in [0.1, 0.15) is 23.0 Å². The highest BCUT2D eigenvalue weighted by molar-refractivity contribution is 6.05. The Kier molecular flexibility index (Phi) is 6.60. The molecular formula is C24H23FN6O4. The van der Waals surface area contributed by atoms with Crippen molar-refractivity contribution in [3.63, 3.8) is 0 Å². The molecule has 0 fully saturated rings. The van der Waals surface area contributed by atoms with Gasteiger partial charge in [0.2, 0.25) is 5.88 Å².